The number of halogens is 3. The van der Waals surface area contributed by atoms with Gasteiger partial charge >= 0.3 is 0 Å². The summed E-state index contributed by atoms with van der Waals surface area (Å²) in [6.45, 7) is 0. The molecule has 0 spiro atoms. The maximum atomic E-state index is 13.5. The SMILES string of the molecule is Fc1cc(Br)ccc1-c1nc(CCl)co1. The number of oxazole rings is 1. The first-order valence-electron chi connectivity index (χ1n) is 4.16. The number of benzene rings is 1. The molecule has 5 heteroatoms. The van der Waals surface area contributed by atoms with Crippen LogP contribution in [0.15, 0.2) is 33.4 Å². The summed E-state index contributed by atoms with van der Waals surface area (Å²) in [7, 11) is 0. The van der Waals surface area contributed by atoms with Crippen LogP contribution in [0.3, 0.4) is 0 Å². The van der Waals surface area contributed by atoms with Gasteiger partial charge in [0.05, 0.1) is 17.1 Å². The van der Waals surface area contributed by atoms with Crippen molar-refractivity contribution in [2.24, 2.45) is 0 Å². The van der Waals surface area contributed by atoms with Gasteiger partial charge in [-0.25, -0.2) is 9.37 Å². The Morgan fingerprint density at radius 3 is 2.87 bits per heavy atom. The molecule has 2 nitrogen and oxygen atoms in total. The Morgan fingerprint density at radius 1 is 1.47 bits per heavy atom. The molecule has 0 amide bonds. The molecule has 0 aliphatic carbocycles. The van der Waals surface area contributed by atoms with Gasteiger partial charge in [0.25, 0.3) is 0 Å². The van der Waals surface area contributed by atoms with E-state index in [9.17, 15) is 4.39 Å². The average Bonchev–Trinajstić information content (AvgIpc) is 2.66. The molecule has 15 heavy (non-hydrogen) atoms. The van der Waals surface area contributed by atoms with Gasteiger partial charge in [0.2, 0.25) is 5.89 Å². The van der Waals surface area contributed by atoms with Gasteiger partial charge in [-0.15, -0.1) is 11.6 Å². The molecule has 0 fully saturated rings. The molecule has 0 saturated heterocycles. The van der Waals surface area contributed by atoms with Gasteiger partial charge in [0, 0.05) is 4.47 Å². The van der Waals surface area contributed by atoms with Crippen LogP contribution < -0.4 is 0 Å². The minimum atomic E-state index is -0.382. The lowest BCUT2D eigenvalue weighted by Gasteiger charge is -1.97. The molecule has 2 rings (SSSR count). The Hall–Kier alpha value is -0.870. The molecule has 0 bridgehead atoms. The largest absolute Gasteiger partial charge is 0.444 e. The van der Waals surface area contributed by atoms with E-state index in [1.165, 1.54) is 12.3 Å². The van der Waals surface area contributed by atoms with Gasteiger partial charge in [-0.1, -0.05) is 15.9 Å². The van der Waals surface area contributed by atoms with Gasteiger partial charge in [0.1, 0.15) is 12.1 Å². The standard InChI is InChI=1S/C10H6BrClFNO/c11-6-1-2-8(9(13)3-6)10-14-7(4-12)5-15-10/h1-3,5H,4H2. The van der Waals surface area contributed by atoms with Crippen molar-refractivity contribution < 1.29 is 8.81 Å². The van der Waals surface area contributed by atoms with E-state index in [1.54, 1.807) is 12.1 Å². The van der Waals surface area contributed by atoms with E-state index in [1.807, 2.05) is 0 Å². The summed E-state index contributed by atoms with van der Waals surface area (Å²) in [5.74, 6) is 0.116. The van der Waals surface area contributed by atoms with Crippen LogP contribution in [0.25, 0.3) is 11.5 Å². The number of nitrogens with zero attached hydrogens (tertiary/aromatic N) is 1. The fourth-order valence-electron chi connectivity index (χ4n) is 1.15. The van der Waals surface area contributed by atoms with E-state index in [4.69, 9.17) is 16.0 Å². The van der Waals surface area contributed by atoms with E-state index in [-0.39, 0.29) is 17.6 Å². The predicted molar refractivity (Wildman–Crippen MR) is 59.2 cm³/mol. The molecular weight excluding hydrogens is 284 g/mol. The van der Waals surface area contributed by atoms with Crippen molar-refractivity contribution in [3.63, 3.8) is 0 Å². The molecule has 1 aromatic heterocycles. The van der Waals surface area contributed by atoms with Crippen LogP contribution in [0.2, 0.25) is 0 Å². The molecule has 2 aromatic rings. The second-order valence-corrected chi connectivity index (χ2v) is 4.08. The lowest BCUT2D eigenvalue weighted by atomic mass is 10.2. The quantitative estimate of drug-likeness (QED) is 0.782. The third-order valence-corrected chi connectivity index (χ3v) is 2.62. The van der Waals surface area contributed by atoms with Crippen molar-refractivity contribution in [2.45, 2.75) is 5.88 Å². The lowest BCUT2D eigenvalue weighted by Crippen LogP contribution is -1.85. The second-order valence-electron chi connectivity index (χ2n) is 2.90. The van der Waals surface area contributed by atoms with Crippen LogP contribution in [0.4, 0.5) is 4.39 Å². The van der Waals surface area contributed by atoms with Gasteiger partial charge in [-0.3, -0.25) is 0 Å². The number of aromatic nitrogens is 1. The molecule has 0 saturated carbocycles. The molecule has 0 aliphatic heterocycles. The van der Waals surface area contributed by atoms with E-state index in [0.717, 1.165) is 0 Å². The monoisotopic (exact) mass is 289 g/mol. The van der Waals surface area contributed by atoms with Crippen molar-refractivity contribution >= 4 is 27.5 Å². The van der Waals surface area contributed by atoms with Gasteiger partial charge < -0.3 is 4.42 Å². The number of rotatable bonds is 2. The first kappa shape index (κ1) is 10.6. The summed E-state index contributed by atoms with van der Waals surface area (Å²) in [6.07, 6.45) is 1.42. The van der Waals surface area contributed by atoms with E-state index >= 15 is 0 Å². The lowest BCUT2D eigenvalue weighted by molar-refractivity contribution is 0.561. The second kappa shape index (κ2) is 4.33. The highest BCUT2D eigenvalue weighted by atomic mass is 79.9. The molecule has 78 valence electrons. The van der Waals surface area contributed by atoms with Gasteiger partial charge in [-0.05, 0) is 18.2 Å². The number of hydrogen-bond donors (Lipinski definition) is 0. The number of alkyl halides is 1. The third kappa shape index (κ3) is 2.21. The van der Waals surface area contributed by atoms with Crippen molar-refractivity contribution in [3.8, 4) is 11.5 Å². The highest BCUT2D eigenvalue weighted by molar-refractivity contribution is 9.10. The zero-order valence-corrected chi connectivity index (χ0v) is 9.85. The van der Waals surface area contributed by atoms with Crippen LogP contribution in [-0.4, -0.2) is 4.98 Å². The van der Waals surface area contributed by atoms with Crippen molar-refractivity contribution in [1.29, 1.82) is 0 Å². The molecule has 0 radical (unpaired) electrons. The highest BCUT2D eigenvalue weighted by Crippen LogP contribution is 2.25. The first-order valence-corrected chi connectivity index (χ1v) is 5.49. The minimum Gasteiger partial charge on any atom is -0.444 e. The van der Waals surface area contributed by atoms with Crippen LogP contribution in [0, 0.1) is 5.82 Å². The van der Waals surface area contributed by atoms with Gasteiger partial charge in [0.15, 0.2) is 0 Å². The van der Waals surface area contributed by atoms with Crippen molar-refractivity contribution in [1.82, 2.24) is 4.98 Å². The molecular formula is C10H6BrClFNO. The predicted octanol–water partition coefficient (Wildman–Crippen LogP) is 3.98. The summed E-state index contributed by atoms with van der Waals surface area (Å²) in [5.41, 5.74) is 0.920. The Bertz CT molecular complexity index is 486. The van der Waals surface area contributed by atoms with E-state index in [2.05, 4.69) is 20.9 Å². The fourth-order valence-corrected chi connectivity index (χ4v) is 1.61. The summed E-state index contributed by atoms with van der Waals surface area (Å²) in [6, 6.07) is 4.69. The maximum Gasteiger partial charge on any atom is 0.229 e. The van der Waals surface area contributed by atoms with E-state index in [0.29, 0.717) is 15.7 Å². The van der Waals surface area contributed by atoms with Crippen LogP contribution in [-0.2, 0) is 5.88 Å². The first-order chi connectivity index (χ1) is 7.20. The molecule has 1 heterocycles. The Balaban J connectivity index is 2.44. The van der Waals surface area contributed by atoms with Crippen molar-refractivity contribution in [2.75, 3.05) is 0 Å². The van der Waals surface area contributed by atoms with Crippen LogP contribution >= 0.6 is 27.5 Å². The van der Waals surface area contributed by atoms with Gasteiger partial charge in [-0.2, -0.15) is 0 Å². The Kier molecular flexibility index (Phi) is 3.07. The molecule has 0 unspecified atom stereocenters. The van der Waals surface area contributed by atoms with Crippen LogP contribution in [0.5, 0.6) is 0 Å². The maximum absolute atomic E-state index is 13.5. The third-order valence-electron chi connectivity index (χ3n) is 1.85. The summed E-state index contributed by atoms with van der Waals surface area (Å²) < 4.78 is 19.3. The number of hydrogen-bond acceptors (Lipinski definition) is 2. The molecule has 0 aliphatic rings. The smallest absolute Gasteiger partial charge is 0.229 e. The topological polar surface area (TPSA) is 26.0 Å². The summed E-state index contributed by atoms with van der Waals surface area (Å²) in [4.78, 5) is 4.04. The zero-order valence-electron chi connectivity index (χ0n) is 7.51. The van der Waals surface area contributed by atoms with Crippen LogP contribution in [0.1, 0.15) is 5.69 Å². The summed E-state index contributed by atoms with van der Waals surface area (Å²) in [5, 5.41) is 0. The minimum absolute atomic E-state index is 0.246. The molecule has 0 atom stereocenters. The normalized spacial score (nSPS) is 10.6. The van der Waals surface area contributed by atoms with E-state index < -0.39 is 0 Å². The fraction of sp³-hybridized carbons (Fsp3) is 0.100. The average molecular weight is 291 g/mol. The zero-order chi connectivity index (χ0) is 10.8. The highest BCUT2D eigenvalue weighted by Gasteiger charge is 2.11. The Morgan fingerprint density at radius 2 is 2.27 bits per heavy atom. The molecule has 0 N–H and O–H groups in total. The Labute approximate surface area is 99.2 Å². The molecule has 1 aromatic carbocycles. The van der Waals surface area contributed by atoms with Crippen molar-refractivity contribution in [3.05, 3.63) is 40.4 Å². The summed E-state index contributed by atoms with van der Waals surface area (Å²) >= 11 is 8.74.